The Morgan fingerprint density at radius 2 is 1.83 bits per heavy atom. The standard InChI is InChI=1S/C13H24N2O3/c1-5-13(4,11(16)17)14-12(18)15-7-9(2)6-10(3)8-15/h9-10H,5-8H2,1-4H3,(H,14,18)(H,16,17). The Hall–Kier alpha value is -1.26. The molecule has 2 N–H and O–H groups in total. The molecule has 0 spiro atoms. The third kappa shape index (κ3) is 3.37. The van der Waals surface area contributed by atoms with Crippen LogP contribution in [0.25, 0.3) is 0 Å². The van der Waals surface area contributed by atoms with Crippen LogP contribution >= 0.6 is 0 Å². The summed E-state index contributed by atoms with van der Waals surface area (Å²) in [6, 6.07) is -0.264. The Balaban J connectivity index is 2.67. The maximum absolute atomic E-state index is 12.1. The number of urea groups is 1. The van der Waals surface area contributed by atoms with Gasteiger partial charge in [-0.25, -0.2) is 9.59 Å². The molecule has 0 aliphatic carbocycles. The van der Waals surface area contributed by atoms with E-state index in [-0.39, 0.29) is 6.03 Å². The molecule has 18 heavy (non-hydrogen) atoms. The quantitative estimate of drug-likeness (QED) is 0.810. The zero-order chi connectivity index (χ0) is 13.9. The van der Waals surface area contributed by atoms with Crippen molar-refractivity contribution < 1.29 is 14.7 Å². The number of hydrogen-bond donors (Lipinski definition) is 2. The van der Waals surface area contributed by atoms with Gasteiger partial charge in [0.1, 0.15) is 5.54 Å². The predicted octanol–water partition coefficient (Wildman–Crippen LogP) is 1.93. The number of carbonyl (C=O) groups is 2. The number of rotatable bonds is 3. The minimum atomic E-state index is -1.18. The Bertz CT molecular complexity index is 322. The summed E-state index contributed by atoms with van der Waals surface area (Å²) >= 11 is 0. The molecule has 104 valence electrons. The van der Waals surface area contributed by atoms with Gasteiger partial charge in [0.25, 0.3) is 0 Å². The van der Waals surface area contributed by atoms with Gasteiger partial charge in [-0.05, 0) is 31.6 Å². The predicted molar refractivity (Wildman–Crippen MR) is 69.4 cm³/mol. The fourth-order valence-electron chi connectivity index (χ4n) is 2.44. The van der Waals surface area contributed by atoms with Crippen LogP contribution in [0.15, 0.2) is 0 Å². The van der Waals surface area contributed by atoms with Gasteiger partial charge in [0, 0.05) is 13.1 Å². The van der Waals surface area contributed by atoms with Crippen LogP contribution < -0.4 is 5.32 Å². The van der Waals surface area contributed by atoms with Gasteiger partial charge >= 0.3 is 12.0 Å². The van der Waals surface area contributed by atoms with Gasteiger partial charge in [-0.15, -0.1) is 0 Å². The van der Waals surface area contributed by atoms with Gasteiger partial charge in [0.05, 0.1) is 0 Å². The lowest BCUT2D eigenvalue weighted by atomic mass is 9.92. The molecule has 0 bridgehead atoms. The van der Waals surface area contributed by atoms with Crippen molar-refractivity contribution in [1.82, 2.24) is 10.2 Å². The zero-order valence-corrected chi connectivity index (χ0v) is 11.7. The van der Waals surface area contributed by atoms with E-state index < -0.39 is 11.5 Å². The van der Waals surface area contributed by atoms with Crippen LogP contribution in [-0.2, 0) is 4.79 Å². The Morgan fingerprint density at radius 1 is 1.33 bits per heavy atom. The van der Waals surface area contributed by atoms with Gasteiger partial charge in [0.15, 0.2) is 0 Å². The smallest absolute Gasteiger partial charge is 0.329 e. The number of nitrogens with one attached hydrogen (secondary N) is 1. The molecule has 1 aliphatic heterocycles. The molecule has 1 heterocycles. The number of nitrogens with zero attached hydrogens (tertiary/aromatic N) is 1. The highest BCUT2D eigenvalue weighted by Crippen LogP contribution is 2.21. The number of aliphatic carboxylic acids is 1. The van der Waals surface area contributed by atoms with E-state index in [1.54, 1.807) is 18.7 Å². The second kappa shape index (κ2) is 5.59. The molecule has 5 nitrogen and oxygen atoms in total. The second-order valence-electron chi connectivity index (χ2n) is 5.77. The van der Waals surface area contributed by atoms with Gasteiger partial charge in [0.2, 0.25) is 0 Å². The third-order valence-electron chi connectivity index (χ3n) is 3.72. The lowest BCUT2D eigenvalue weighted by molar-refractivity contribution is -0.143. The number of piperidine rings is 1. The summed E-state index contributed by atoms with van der Waals surface area (Å²) in [6.45, 7) is 8.95. The van der Waals surface area contributed by atoms with Gasteiger partial charge < -0.3 is 15.3 Å². The SMILES string of the molecule is CCC(C)(NC(=O)N1CC(C)CC(C)C1)C(=O)O. The summed E-state index contributed by atoms with van der Waals surface area (Å²) in [5.74, 6) is -0.0501. The van der Waals surface area contributed by atoms with Crippen LogP contribution in [0, 0.1) is 11.8 Å². The maximum Gasteiger partial charge on any atom is 0.329 e. The molecular weight excluding hydrogens is 232 g/mol. The minimum Gasteiger partial charge on any atom is -0.480 e. The molecule has 0 saturated carbocycles. The van der Waals surface area contributed by atoms with Gasteiger partial charge in [-0.3, -0.25) is 0 Å². The lowest BCUT2D eigenvalue weighted by Gasteiger charge is -2.37. The number of hydrogen-bond acceptors (Lipinski definition) is 2. The molecule has 2 amide bonds. The fourth-order valence-corrected chi connectivity index (χ4v) is 2.44. The van der Waals surface area contributed by atoms with E-state index in [0.29, 0.717) is 31.3 Å². The highest BCUT2D eigenvalue weighted by Gasteiger charge is 2.35. The molecule has 1 rings (SSSR count). The average molecular weight is 256 g/mol. The molecular formula is C13H24N2O3. The van der Waals surface area contributed by atoms with Crippen LogP contribution in [0.4, 0.5) is 4.79 Å². The monoisotopic (exact) mass is 256 g/mol. The van der Waals surface area contributed by atoms with E-state index in [1.807, 2.05) is 0 Å². The number of carbonyl (C=O) groups excluding carboxylic acids is 1. The first-order valence-electron chi connectivity index (χ1n) is 6.59. The molecule has 1 aliphatic rings. The van der Waals surface area contributed by atoms with Crippen LogP contribution in [0.3, 0.4) is 0 Å². The van der Waals surface area contributed by atoms with E-state index in [1.165, 1.54) is 0 Å². The van der Waals surface area contributed by atoms with Crippen LogP contribution in [0.5, 0.6) is 0 Å². The molecule has 1 fully saturated rings. The minimum absolute atomic E-state index is 0.264. The van der Waals surface area contributed by atoms with E-state index in [9.17, 15) is 9.59 Å². The topological polar surface area (TPSA) is 69.6 Å². The van der Waals surface area contributed by atoms with Gasteiger partial charge in [-0.1, -0.05) is 20.8 Å². The molecule has 3 unspecified atom stereocenters. The highest BCUT2D eigenvalue weighted by molar-refractivity contribution is 5.85. The number of carboxylic acids is 1. The van der Waals surface area contributed by atoms with E-state index in [2.05, 4.69) is 19.2 Å². The molecule has 0 aromatic carbocycles. The Morgan fingerprint density at radius 3 is 2.22 bits per heavy atom. The molecule has 5 heteroatoms. The fraction of sp³-hybridized carbons (Fsp3) is 0.846. The largest absolute Gasteiger partial charge is 0.480 e. The summed E-state index contributed by atoms with van der Waals surface area (Å²) in [5, 5.41) is 11.8. The summed E-state index contributed by atoms with van der Waals surface area (Å²) in [7, 11) is 0. The Kier molecular flexibility index (Phi) is 4.59. The van der Waals surface area contributed by atoms with Crippen LogP contribution in [0.1, 0.15) is 40.5 Å². The van der Waals surface area contributed by atoms with Crippen molar-refractivity contribution in [3.8, 4) is 0 Å². The summed E-state index contributed by atoms with van der Waals surface area (Å²) in [4.78, 5) is 25.0. The molecule has 3 atom stereocenters. The van der Waals surface area contributed by atoms with Gasteiger partial charge in [-0.2, -0.15) is 0 Å². The first-order chi connectivity index (χ1) is 8.28. The van der Waals surface area contributed by atoms with Crippen LogP contribution in [-0.4, -0.2) is 40.6 Å². The van der Waals surface area contributed by atoms with Crippen molar-refractivity contribution >= 4 is 12.0 Å². The normalized spacial score (nSPS) is 27.4. The van der Waals surface area contributed by atoms with Crippen molar-refractivity contribution in [2.24, 2.45) is 11.8 Å². The summed E-state index contributed by atoms with van der Waals surface area (Å²) < 4.78 is 0. The second-order valence-corrected chi connectivity index (χ2v) is 5.77. The van der Waals surface area contributed by atoms with Crippen molar-refractivity contribution in [3.63, 3.8) is 0 Å². The highest BCUT2D eigenvalue weighted by atomic mass is 16.4. The molecule has 0 aromatic rings. The van der Waals surface area contributed by atoms with Crippen molar-refractivity contribution in [2.75, 3.05) is 13.1 Å². The lowest BCUT2D eigenvalue weighted by Crippen LogP contribution is -2.57. The first kappa shape index (κ1) is 14.8. The van der Waals surface area contributed by atoms with Crippen molar-refractivity contribution in [2.45, 2.75) is 46.1 Å². The third-order valence-corrected chi connectivity index (χ3v) is 3.72. The van der Waals surface area contributed by atoms with E-state index in [4.69, 9.17) is 5.11 Å². The summed E-state index contributed by atoms with van der Waals surface area (Å²) in [6.07, 6.45) is 1.49. The maximum atomic E-state index is 12.1. The van der Waals surface area contributed by atoms with Crippen LogP contribution in [0.2, 0.25) is 0 Å². The molecule has 0 radical (unpaired) electrons. The number of likely N-dealkylation sites (tertiary alicyclic amines) is 1. The first-order valence-corrected chi connectivity index (χ1v) is 6.59. The molecule has 0 aromatic heterocycles. The van der Waals surface area contributed by atoms with E-state index in [0.717, 1.165) is 6.42 Å². The zero-order valence-electron chi connectivity index (χ0n) is 11.7. The summed E-state index contributed by atoms with van der Waals surface area (Å²) in [5.41, 5.74) is -1.18. The Labute approximate surface area is 109 Å². The van der Waals surface area contributed by atoms with Crippen molar-refractivity contribution in [1.29, 1.82) is 0 Å². The molecule has 1 saturated heterocycles. The number of carboxylic acid groups (broad SMARTS) is 1. The van der Waals surface area contributed by atoms with E-state index >= 15 is 0 Å². The number of amides is 2. The van der Waals surface area contributed by atoms with Crippen molar-refractivity contribution in [3.05, 3.63) is 0 Å². The average Bonchev–Trinajstić information content (AvgIpc) is 2.27.